The van der Waals surface area contributed by atoms with Gasteiger partial charge in [0.25, 0.3) is 0 Å². The van der Waals surface area contributed by atoms with Crippen molar-refractivity contribution in [2.45, 2.75) is 483 Å². The Morgan fingerprint density at radius 2 is 0.438 bits per heavy atom. The van der Waals surface area contributed by atoms with Crippen molar-refractivity contribution in [2.75, 3.05) is 39.6 Å². The second-order valence-corrected chi connectivity index (χ2v) is 34.3. The Bertz CT molecular complexity index is 2000. The van der Waals surface area contributed by atoms with Gasteiger partial charge in [-0.15, -0.1) is 0 Å². The lowest BCUT2D eigenvalue weighted by molar-refractivity contribution is -0.161. The Morgan fingerprint density at radius 3 is 0.648 bits per heavy atom. The summed E-state index contributed by atoms with van der Waals surface area (Å²) in [6.45, 7) is 7.31. The minimum absolute atomic E-state index is 0.108. The van der Waals surface area contributed by atoms with Crippen LogP contribution in [0.1, 0.15) is 465 Å². The number of aliphatic hydroxyl groups is 1. The summed E-state index contributed by atoms with van der Waals surface area (Å²) in [4.78, 5) is 73.2. The molecule has 0 fully saturated rings. The smallest absolute Gasteiger partial charge is 0.462 e. The summed E-state index contributed by atoms with van der Waals surface area (Å²) in [5.41, 5.74) is 0. The first-order chi connectivity index (χ1) is 51.0. The summed E-state index contributed by atoms with van der Waals surface area (Å²) >= 11 is 0. The summed E-state index contributed by atoms with van der Waals surface area (Å²) in [6.07, 6.45) is 72.4. The normalized spacial score (nSPS) is 13.8. The van der Waals surface area contributed by atoms with Crippen molar-refractivity contribution in [3.05, 3.63) is 0 Å². The molecule has 5 atom stereocenters. The molecule has 3 N–H and O–H groups in total. The van der Waals surface area contributed by atoms with Gasteiger partial charge in [0.05, 0.1) is 26.4 Å². The zero-order chi connectivity index (χ0) is 76.9. The number of carbonyl (C=O) groups excluding carboxylic acids is 4. The number of aliphatic hydroxyl groups excluding tert-OH is 1. The molecule has 0 aromatic carbocycles. The van der Waals surface area contributed by atoms with Crippen LogP contribution in [0, 0.1) is 5.92 Å². The topological polar surface area (TPSA) is 237 Å². The highest BCUT2D eigenvalue weighted by Gasteiger charge is 2.30. The van der Waals surface area contributed by atoms with Crippen LogP contribution < -0.4 is 0 Å². The van der Waals surface area contributed by atoms with Gasteiger partial charge in [0.1, 0.15) is 19.3 Å². The van der Waals surface area contributed by atoms with E-state index in [1.165, 1.54) is 283 Å². The molecular weight excluding hydrogens is 1370 g/mol. The highest BCUT2D eigenvalue weighted by atomic mass is 31.2. The first-order valence-electron chi connectivity index (χ1n) is 44.6. The molecule has 0 aromatic heterocycles. The Kier molecular flexibility index (Phi) is 77.3. The van der Waals surface area contributed by atoms with Crippen LogP contribution in [0.5, 0.6) is 0 Å². The minimum Gasteiger partial charge on any atom is -0.462 e. The van der Waals surface area contributed by atoms with Gasteiger partial charge >= 0.3 is 39.5 Å². The van der Waals surface area contributed by atoms with E-state index in [1.807, 2.05) is 0 Å². The Labute approximate surface area is 645 Å². The van der Waals surface area contributed by atoms with E-state index < -0.39 is 97.5 Å². The summed E-state index contributed by atoms with van der Waals surface area (Å²) < 4.78 is 68.9. The fourth-order valence-electron chi connectivity index (χ4n) is 13.5. The minimum atomic E-state index is -4.97. The molecule has 0 rings (SSSR count). The Balaban J connectivity index is 5.22. The van der Waals surface area contributed by atoms with E-state index in [4.69, 9.17) is 37.0 Å². The molecule has 0 aromatic rings. The summed E-state index contributed by atoms with van der Waals surface area (Å²) in [5, 5.41) is 10.7. The van der Waals surface area contributed by atoms with Crippen LogP contribution in [-0.2, 0) is 65.4 Å². The van der Waals surface area contributed by atoms with E-state index >= 15 is 0 Å². The van der Waals surface area contributed by atoms with E-state index in [2.05, 4.69) is 34.6 Å². The third kappa shape index (κ3) is 79.9. The summed E-state index contributed by atoms with van der Waals surface area (Å²) in [6, 6.07) is 0. The third-order valence-electron chi connectivity index (χ3n) is 20.3. The fourth-order valence-corrected chi connectivity index (χ4v) is 15.1. The fraction of sp³-hybridized carbons (Fsp3) is 0.953. The summed E-state index contributed by atoms with van der Waals surface area (Å²) in [7, 11) is -9.93. The molecule has 19 heteroatoms. The number of esters is 4. The lowest BCUT2D eigenvalue weighted by Gasteiger charge is -2.21. The molecule has 0 aliphatic rings. The average Bonchev–Trinajstić information content (AvgIpc) is 0.933. The predicted molar refractivity (Wildman–Crippen MR) is 432 cm³/mol. The molecule has 17 nitrogen and oxygen atoms in total. The first-order valence-corrected chi connectivity index (χ1v) is 47.6. The second-order valence-electron chi connectivity index (χ2n) is 31.4. The molecule has 624 valence electrons. The number of phosphoric ester groups is 2. The summed E-state index contributed by atoms with van der Waals surface area (Å²) in [5.74, 6) is -1.40. The molecule has 0 spiro atoms. The maximum Gasteiger partial charge on any atom is 0.472 e. The van der Waals surface area contributed by atoms with E-state index in [1.54, 1.807) is 0 Å². The molecule has 0 saturated carbocycles. The van der Waals surface area contributed by atoms with E-state index in [9.17, 15) is 43.2 Å². The lowest BCUT2D eigenvalue weighted by atomic mass is 10.0. The number of ether oxygens (including phenoxy) is 4. The van der Waals surface area contributed by atoms with Gasteiger partial charge in [0.15, 0.2) is 12.2 Å². The zero-order valence-electron chi connectivity index (χ0n) is 68.9. The highest BCUT2D eigenvalue weighted by molar-refractivity contribution is 7.47. The zero-order valence-corrected chi connectivity index (χ0v) is 70.7. The van der Waals surface area contributed by atoms with Crippen molar-refractivity contribution in [2.24, 2.45) is 5.92 Å². The molecule has 0 aliphatic carbocycles. The Morgan fingerprint density at radius 1 is 0.257 bits per heavy atom. The SMILES string of the molecule is CCCCCCCCCCCCCCCCCCCCCCC(=O)O[C@H](COC(=O)CCCCCCCCCCCCCCCCCCCCC)COP(=O)(O)OC[C@@H](O)COP(=O)(O)OC[C@@H](COC(=O)CCCCCCCCCC(C)C)OC(=O)CCCCCCCCCCCCCCCCCC. The van der Waals surface area contributed by atoms with E-state index in [0.717, 1.165) is 96.3 Å². The second kappa shape index (κ2) is 78.7. The van der Waals surface area contributed by atoms with E-state index in [-0.39, 0.29) is 25.7 Å². The number of rotatable bonds is 86. The van der Waals surface area contributed by atoms with Gasteiger partial charge in [-0.1, -0.05) is 413 Å². The van der Waals surface area contributed by atoms with Gasteiger partial charge in [-0.2, -0.15) is 0 Å². The van der Waals surface area contributed by atoms with Crippen molar-refractivity contribution in [1.29, 1.82) is 0 Å². The van der Waals surface area contributed by atoms with Crippen molar-refractivity contribution in [1.82, 2.24) is 0 Å². The van der Waals surface area contributed by atoms with Crippen LogP contribution in [0.15, 0.2) is 0 Å². The predicted octanol–water partition coefficient (Wildman–Crippen LogP) is 26.4. The van der Waals surface area contributed by atoms with Gasteiger partial charge in [0, 0.05) is 25.7 Å². The van der Waals surface area contributed by atoms with Gasteiger partial charge in [-0.25, -0.2) is 9.13 Å². The van der Waals surface area contributed by atoms with Crippen LogP contribution in [-0.4, -0.2) is 96.7 Å². The first kappa shape index (κ1) is 103. The maximum atomic E-state index is 13.1. The molecule has 2 unspecified atom stereocenters. The molecule has 0 amide bonds. The lowest BCUT2D eigenvalue weighted by Crippen LogP contribution is -2.30. The van der Waals surface area contributed by atoms with Gasteiger partial charge in [-0.3, -0.25) is 37.3 Å². The van der Waals surface area contributed by atoms with Crippen LogP contribution in [0.2, 0.25) is 0 Å². The molecule has 0 radical (unpaired) electrons. The number of hydrogen-bond acceptors (Lipinski definition) is 15. The van der Waals surface area contributed by atoms with Gasteiger partial charge in [0.2, 0.25) is 0 Å². The van der Waals surface area contributed by atoms with Crippen LogP contribution >= 0.6 is 15.6 Å². The molecule has 0 saturated heterocycles. The van der Waals surface area contributed by atoms with Crippen molar-refractivity contribution in [3.63, 3.8) is 0 Å². The van der Waals surface area contributed by atoms with Crippen LogP contribution in [0.25, 0.3) is 0 Å². The van der Waals surface area contributed by atoms with Crippen LogP contribution in [0.3, 0.4) is 0 Å². The van der Waals surface area contributed by atoms with E-state index in [0.29, 0.717) is 31.6 Å². The van der Waals surface area contributed by atoms with Gasteiger partial charge in [-0.05, 0) is 31.6 Å². The van der Waals surface area contributed by atoms with Crippen molar-refractivity contribution < 1.29 is 80.2 Å². The van der Waals surface area contributed by atoms with Crippen molar-refractivity contribution >= 4 is 39.5 Å². The van der Waals surface area contributed by atoms with Crippen LogP contribution in [0.4, 0.5) is 0 Å². The molecule has 0 heterocycles. The molecular formula is C86H168O17P2. The van der Waals surface area contributed by atoms with Gasteiger partial charge < -0.3 is 33.8 Å². The quantitative estimate of drug-likeness (QED) is 0.0222. The molecule has 0 bridgehead atoms. The standard InChI is InChI=1S/C86H168O17P2/c1-6-9-12-15-18-21-24-27-30-33-35-37-39-42-45-48-51-56-62-67-71-85(90)102-81(75-96-83(88)69-64-59-54-49-46-43-41-38-36-34-31-28-25-22-19-16-13-10-7-2)77-100-104(92,93)98-73-80(87)74-99-105(94,95)101-78-82(76-97-84(89)70-65-60-57-52-53-58-63-68-79(4)5)103-86(91)72-66-61-55-50-47-44-40-32-29-26-23-20-17-14-11-8-3/h79-82,87H,6-78H2,1-5H3,(H,92,93)(H,94,95)/t80-,81-,82-/m1/s1. The monoisotopic (exact) mass is 1540 g/mol. The largest absolute Gasteiger partial charge is 0.472 e. The third-order valence-corrected chi connectivity index (χ3v) is 22.2. The molecule has 0 aliphatic heterocycles. The number of carbonyl (C=O) groups is 4. The van der Waals surface area contributed by atoms with Crippen molar-refractivity contribution in [3.8, 4) is 0 Å². The Hall–Kier alpha value is -1.94. The maximum absolute atomic E-state index is 13.1. The number of hydrogen-bond donors (Lipinski definition) is 3. The number of phosphoric acid groups is 2. The number of unbranched alkanes of at least 4 members (excludes halogenated alkanes) is 58. The highest BCUT2D eigenvalue weighted by Crippen LogP contribution is 2.45. The molecule has 105 heavy (non-hydrogen) atoms. The average molecular weight is 1540 g/mol.